The van der Waals surface area contributed by atoms with Crippen LogP contribution in [-0.2, 0) is 9.59 Å². The van der Waals surface area contributed by atoms with Gasteiger partial charge < -0.3 is 10.8 Å². The van der Waals surface area contributed by atoms with Crippen molar-refractivity contribution in [2.24, 2.45) is 28.4 Å². The molecule has 0 saturated heterocycles. The third-order valence-corrected chi connectivity index (χ3v) is 3.71. The second-order valence-corrected chi connectivity index (χ2v) is 6.40. The first-order valence-corrected chi connectivity index (χ1v) is 6.04. The van der Waals surface area contributed by atoms with E-state index in [9.17, 15) is 14.9 Å². The molecule has 1 aliphatic rings. The van der Waals surface area contributed by atoms with Crippen LogP contribution < -0.4 is 5.73 Å². The number of carbonyl (C=O) groups excluding carboxylic acids is 1. The van der Waals surface area contributed by atoms with E-state index in [-0.39, 0.29) is 11.3 Å². The molecule has 1 rings (SSSR count). The highest BCUT2D eigenvalue weighted by molar-refractivity contribution is 5.96. The van der Waals surface area contributed by atoms with Crippen LogP contribution >= 0.6 is 0 Å². The van der Waals surface area contributed by atoms with Gasteiger partial charge in [0.25, 0.3) is 0 Å². The molecule has 0 spiro atoms. The maximum atomic E-state index is 11.3. The molecular weight excluding hydrogens is 232 g/mol. The van der Waals surface area contributed by atoms with Gasteiger partial charge in [-0.05, 0) is 37.5 Å². The number of carboxylic acid groups (broad SMARTS) is 1. The normalized spacial score (nSPS) is 32.2. The Hall–Kier alpha value is -1.57. The minimum Gasteiger partial charge on any atom is -0.481 e. The number of nitriles is 1. The lowest BCUT2D eigenvalue weighted by molar-refractivity contribution is -0.150. The number of nitrogens with two attached hydrogens (primary N) is 1. The van der Waals surface area contributed by atoms with Crippen molar-refractivity contribution < 1.29 is 14.7 Å². The van der Waals surface area contributed by atoms with Gasteiger partial charge in [0.2, 0.25) is 5.91 Å². The second-order valence-electron chi connectivity index (χ2n) is 6.40. The van der Waals surface area contributed by atoms with E-state index in [4.69, 9.17) is 10.8 Å². The summed E-state index contributed by atoms with van der Waals surface area (Å²) in [7, 11) is 0. The topological polar surface area (TPSA) is 104 Å². The molecule has 1 aliphatic carbocycles. The zero-order valence-electron chi connectivity index (χ0n) is 11.1. The van der Waals surface area contributed by atoms with Gasteiger partial charge in [-0.1, -0.05) is 13.8 Å². The lowest BCUT2D eigenvalue weighted by Crippen LogP contribution is -2.44. The molecule has 0 aromatic carbocycles. The summed E-state index contributed by atoms with van der Waals surface area (Å²) in [4.78, 5) is 22.5. The largest absolute Gasteiger partial charge is 0.481 e. The van der Waals surface area contributed by atoms with Gasteiger partial charge in [-0.2, -0.15) is 5.26 Å². The zero-order chi connectivity index (χ0) is 14.1. The van der Waals surface area contributed by atoms with Crippen molar-refractivity contribution in [1.29, 1.82) is 5.26 Å². The summed E-state index contributed by atoms with van der Waals surface area (Å²) in [5.41, 5.74) is 4.44. The van der Waals surface area contributed by atoms with Gasteiger partial charge >= 0.3 is 5.97 Å². The van der Waals surface area contributed by atoms with Crippen molar-refractivity contribution in [1.82, 2.24) is 0 Å². The SMILES string of the molecule is CC1(C)CC(C(C(N)=O)C(=O)O)CC(C)(C#N)C1. The monoisotopic (exact) mass is 252 g/mol. The highest BCUT2D eigenvalue weighted by Crippen LogP contribution is 2.50. The van der Waals surface area contributed by atoms with E-state index in [1.807, 2.05) is 20.8 Å². The number of hydrogen-bond donors (Lipinski definition) is 2. The molecule has 5 heteroatoms. The molecule has 5 nitrogen and oxygen atoms in total. The third-order valence-electron chi connectivity index (χ3n) is 3.71. The van der Waals surface area contributed by atoms with Crippen molar-refractivity contribution in [3.63, 3.8) is 0 Å². The van der Waals surface area contributed by atoms with Crippen LogP contribution in [0.25, 0.3) is 0 Å². The van der Waals surface area contributed by atoms with Gasteiger partial charge in [0.1, 0.15) is 5.92 Å². The Morgan fingerprint density at radius 2 is 1.94 bits per heavy atom. The Bertz CT molecular complexity index is 397. The Kier molecular flexibility index (Phi) is 3.70. The molecule has 0 heterocycles. The standard InChI is InChI=1S/C13H20N2O3/c1-12(2)4-8(5-13(3,6-12)7-14)9(10(15)16)11(17)18/h8-9H,4-6H2,1-3H3,(H2,15,16)(H,17,18). The number of primary amides is 1. The van der Waals surface area contributed by atoms with E-state index in [1.165, 1.54) is 0 Å². The number of carboxylic acids is 1. The summed E-state index contributed by atoms with van der Waals surface area (Å²) >= 11 is 0. The van der Waals surface area contributed by atoms with E-state index >= 15 is 0 Å². The lowest BCUT2D eigenvalue weighted by atomic mass is 9.58. The fourth-order valence-corrected chi connectivity index (χ4v) is 3.44. The Labute approximate surface area is 107 Å². The van der Waals surface area contributed by atoms with Crippen LogP contribution in [0.2, 0.25) is 0 Å². The molecule has 0 aromatic rings. The van der Waals surface area contributed by atoms with Crippen molar-refractivity contribution in [3.05, 3.63) is 0 Å². The smallest absolute Gasteiger partial charge is 0.316 e. The Morgan fingerprint density at radius 3 is 2.33 bits per heavy atom. The van der Waals surface area contributed by atoms with Crippen molar-refractivity contribution in [2.75, 3.05) is 0 Å². The minimum atomic E-state index is -1.20. The van der Waals surface area contributed by atoms with E-state index in [1.54, 1.807) is 0 Å². The van der Waals surface area contributed by atoms with Gasteiger partial charge in [-0.15, -0.1) is 0 Å². The highest BCUT2D eigenvalue weighted by Gasteiger charge is 2.47. The number of amides is 1. The molecule has 18 heavy (non-hydrogen) atoms. The van der Waals surface area contributed by atoms with Crippen LogP contribution in [0.1, 0.15) is 40.0 Å². The number of aliphatic carboxylic acids is 1. The molecule has 1 amide bonds. The summed E-state index contributed by atoms with van der Waals surface area (Å²) in [6.07, 6.45) is 1.72. The predicted molar refractivity (Wildman–Crippen MR) is 65.2 cm³/mol. The molecule has 100 valence electrons. The average molecular weight is 252 g/mol. The summed E-state index contributed by atoms with van der Waals surface area (Å²) in [5, 5.41) is 18.4. The molecule has 3 N–H and O–H groups in total. The van der Waals surface area contributed by atoms with Crippen LogP contribution in [0.3, 0.4) is 0 Å². The Morgan fingerprint density at radius 1 is 1.39 bits per heavy atom. The first-order chi connectivity index (χ1) is 8.10. The number of carbonyl (C=O) groups is 2. The highest BCUT2D eigenvalue weighted by atomic mass is 16.4. The van der Waals surface area contributed by atoms with Crippen molar-refractivity contribution in [2.45, 2.75) is 40.0 Å². The Balaban J connectivity index is 3.06. The molecule has 1 saturated carbocycles. The van der Waals surface area contributed by atoms with Crippen LogP contribution in [-0.4, -0.2) is 17.0 Å². The van der Waals surface area contributed by atoms with E-state index < -0.39 is 23.2 Å². The zero-order valence-corrected chi connectivity index (χ0v) is 11.1. The van der Waals surface area contributed by atoms with Gasteiger partial charge in [-0.3, -0.25) is 9.59 Å². The number of hydrogen-bond acceptors (Lipinski definition) is 3. The molecule has 0 aliphatic heterocycles. The maximum Gasteiger partial charge on any atom is 0.316 e. The third kappa shape index (κ3) is 3.00. The number of rotatable bonds is 3. The molecule has 1 fully saturated rings. The van der Waals surface area contributed by atoms with Gasteiger partial charge in [0.05, 0.1) is 11.5 Å². The van der Waals surface area contributed by atoms with Crippen molar-refractivity contribution >= 4 is 11.9 Å². The predicted octanol–water partition coefficient (Wildman–Crippen LogP) is 1.53. The van der Waals surface area contributed by atoms with Crippen LogP contribution in [0.4, 0.5) is 0 Å². The van der Waals surface area contributed by atoms with Crippen LogP contribution in [0.15, 0.2) is 0 Å². The summed E-state index contributed by atoms with van der Waals surface area (Å²) in [6.45, 7) is 5.81. The molecule has 0 radical (unpaired) electrons. The number of nitrogens with zero attached hydrogens (tertiary/aromatic N) is 1. The van der Waals surface area contributed by atoms with E-state index in [0.29, 0.717) is 19.3 Å². The van der Waals surface area contributed by atoms with Gasteiger partial charge in [-0.25, -0.2) is 0 Å². The van der Waals surface area contributed by atoms with Crippen molar-refractivity contribution in [3.8, 4) is 6.07 Å². The van der Waals surface area contributed by atoms with E-state index in [2.05, 4.69) is 6.07 Å². The first-order valence-electron chi connectivity index (χ1n) is 6.04. The summed E-state index contributed by atoms with van der Waals surface area (Å²) < 4.78 is 0. The van der Waals surface area contributed by atoms with Crippen LogP contribution in [0.5, 0.6) is 0 Å². The second kappa shape index (κ2) is 4.60. The molecule has 0 bridgehead atoms. The quantitative estimate of drug-likeness (QED) is 0.743. The fraction of sp³-hybridized carbons (Fsp3) is 0.769. The lowest BCUT2D eigenvalue weighted by Gasteiger charge is -2.44. The van der Waals surface area contributed by atoms with Crippen LogP contribution in [0, 0.1) is 34.0 Å². The first kappa shape index (κ1) is 14.5. The van der Waals surface area contributed by atoms with Gasteiger partial charge in [0, 0.05) is 0 Å². The minimum absolute atomic E-state index is 0.156. The van der Waals surface area contributed by atoms with E-state index in [0.717, 1.165) is 0 Å². The average Bonchev–Trinajstić information content (AvgIpc) is 2.13. The van der Waals surface area contributed by atoms with Gasteiger partial charge in [0.15, 0.2) is 0 Å². The fourth-order valence-electron chi connectivity index (χ4n) is 3.44. The maximum absolute atomic E-state index is 11.3. The molecular formula is C13H20N2O3. The summed E-state index contributed by atoms with van der Waals surface area (Å²) in [5.74, 6) is -3.57. The molecule has 3 unspecified atom stereocenters. The molecule has 3 atom stereocenters. The molecule has 0 aromatic heterocycles. The summed E-state index contributed by atoms with van der Waals surface area (Å²) in [6, 6.07) is 2.25.